The quantitative estimate of drug-likeness (QED) is 0.604. The number of urea groups is 1. The highest BCUT2D eigenvalue weighted by Gasteiger charge is 2.10. The third kappa shape index (κ3) is 7.22. The summed E-state index contributed by atoms with van der Waals surface area (Å²) in [7, 11) is 0. The molecular weight excluding hydrogens is 352 g/mol. The van der Waals surface area contributed by atoms with Crippen molar-refractivity contribution in [3.8, 4) is 5.75 Å². The second kappa shape index (κ2) is 9.87. The minimum Gasteiger partial charge on any atom is -0.435 e. The van der Waals surface area contributed by atoms with Gasteiger partial charge in [-0.25, -0.2) is 4.79 Å². The molecule has 0 heterocycles. The molecule has 0 aromatic heterocycles. The van der Waals surface area contributed by atoms with Crippen LogP contribution in [0.1, 0.15) is 37.4 Å². The van der Waals surface area contributed by atoms with Gasteiger partial charge in [0.15, 0.2) is 0 Å². The molecule has 2 amide bonds. The van der Waals surface area contributed by atoms with Crippen molar-refractivity contribution in [2.75, 3.05) is 5.32 Å². The molecule has 7 heteroatoms. The number of amides is 2. The summed E-state index contributed by atoms with van der Waals surface area (Å²) in [6.07, 6.45) is 1.73. The van der Waals surface area contributed by atoms with E-state index < -0.39 is 12.6 Å². The smallest absolute Gasteiger partial charge is 0.387 e. The molecule has 2 unspecified atom stereocenters. The summed E-state index contributed by atoms with van der Waals surface area (Å²) in [5, 5.41) is 6.06. The van der Waals surface area contributed by atoms with Crippen LogP contribution in [-0.4, -0.2) is 18.7 Å². The van der Waals surface area contributed by atoms with E-state index in [4.69, 9.17) is 5.73 Å². The van der Waals surface area contributed by atoms with Gasteiger partial charge in [-0.3, -0.25) is 0 Å². The van der Waals surface area contributed by atoms with Crippen molar-refractivity contribution in [2.24, 2.45) is 5.73 Å². The fourth-order valence-corrected chi connectivity index (χ4v) is 2.82. The lowest BCUT2D eigenvalue weighted by atomic mass is 10.0. The van der Waals surface area contributed by atoms with Gasteiger partial charge >= 0.3 is 12.6 Å². The average molecular weight is 377 g/mol. The molecule has 2 aromatic rings. The van der Waals surface area contributed by atoms with Crippen LogP contribution >= 0.6 is 0 Å². The van der Waals surface area contributed by atoms with Crippen LogP contribution in [0.2, 0.25) is 0 Å². The first-order valence-corrected chi connectivity index (χ1v) is 8.79. The fourth-order valence-electron chi connectivity index (χ4n) is 2.82. The zero-order chi connectivity index (χ0) is 19.8. The molecule has 4 N–H and O–H groups in total. The van der Waals surface area contributed by atoms with Crippen molar-refractivity contribution in [1.29, 1.82) is 0 Å². The number of halogens is 2. The Kier molecular flexibility index (Phi) is 7.55. The predicted octanol–water partition coefficient (Wildman–Crippen LogP) is 4.45. The lowest BCUT2D eigenvalue weighted by Gasteiger charge is -2.21. The van der Waals surface area contributed by atoms with Crippen LogP contribution < -0.4 is 21.1 Å². The number of ether oxygens (including phenoxy) is 1. The van der Waals surface area contributed by atoms with Gasteiger partial charge in [0, 0.05) is 17.8 Å². The highest BCUT2D eigenvalue weighted by molar-refractivity contribution is 5.87. The highest BCUT2D eigenvalue weighted by atomic mass is 19.3. The SMILES string of the molecule is CC(CCc1ccc(OC(F)F)cc1)NC(C)c1ccc(NC(N)=O)cc1. The number of benzene rings is 2. The number of nitrogens with one attached hydrogen (secondary N) is 2. The molecule has 0 aliphatic rings. The minimum absolute atomic E-state index is 0.143. The van der Waals surface area contributed by atoms with Crippen molar-refractivity contribution in [3.63, 3.8) is 0 Å². The Labute approximate surface area is 157 Å². The number of rotatable bonds is 9. The van der Waals surface area contributed by atoms with E-state index in [0.29, 0.717) is 5.69 Å². The van der Waals surface area contributed by atoms with E-state index in [1.54, 1.807) is 24.3 Å². The largest absolute Gasteiger partial charge is 0.435 e. The van der Waals surface area contributed by atoms with E-state index in [2.05, 4.69) is 29.2 Å². The van der Waals surface area contributed by atoms with Gasteiger partial charge in [-0.05, 0) is 62.1 Å². The van der Waals surface area contributed by atoms with Gasteiger partial charge in [0.2, 0.25) is 0 Å². The summed E-state index contributed by atoms with van der Waals surface area (Å²) in [4.78, 5) is 10.8. The standard InChI is InChI=1S/C20H25F2N3O2/c1-13(3-4-15-5-11-18(12-6-15)27-19(21)22)24-14(2)16-7-9-17(10-8-16)25-20(23)26/h5-14,19,24H,3-4H2,1-2H3,(H3,23,25,26). The molecule has 0 aliphatic heterocycles. The summed E-state index contributed by atoms with van der Waals surface area (Å²) in [5.41, 5.74) is 7.93. The van der Waals surface area contributed by atoms with Crippen molar-refractivity contribution in [2.45, 2.75) is 45.4 Å². The van der Waals surface area contributed by atoms with E-state index in [0.717, 1.165) is 24.0 Å². The van der Waals surface area contributed by atoms with Gasteiger partial charge in [0.25, 0.3) is 0 Å². The van der Waals surface area contributed by atoms with Crippen molar-refractivity contribution in [3.05, 3.63) is 59.7 Å². The number of anilines is 1. The van der Waals surface area contributed by atoms with Crippen molar-refractivity contribution < 1.29 is 18.3 Å². The molecule has 0 fully saturated rings. The van der Waals surface area contributed by atoms with Crippen molar-refractivity contribution in [1.82, 2.24) is 5.32 Å². The molecule has 0 spiro atoms. The zero-order valence-corrected chi connectivity index (χ0v) is 15.4. The first kappa shape index (κ1) is 20.6. The molecular formula is C20H25F2N3O2. The Morgan fingerprint density at radius 3 is 2.26 bits per heavy atom. The summed E-state index contributed by atoms with van der Waals surface area (Å²) in [6.45, 7) is 1.37. The number of carbonyl (C=O) groups excluding carboxylic acids is 1. The second-order valence-corrected chi connectivity index (χ2v) is 6.46. The van der Waals surface area contributed by atoms with Gasteiger partial charge in [-0.2, -0.15) is 8.78 Å². The zero-order valence-electron chi connectivity index (χ0n) is 15.4. The predicted molar refractivity (Wildman–Crippen MR) is 102 cm³/mol. The number of alkyl halides is 2. The fraction of sp³-hybridized carbons (Fsp3) is 0.350. The van der Waals surface area contributed by atoms with Crippen LogP contribution in [0.3, 0.4) is 0 Å². The third-order valence-electron chi connectivity index (χ3n) is 4.23. The molecule has 2 atom stereocenters. The molecule has 2 rings (SSSR count). The van der Waals surface area contributed by atoms with Gasteiger partial charge in [-0.1, -0.05) is 24.3 Å². The van der Waals surface area contributed by atoms with E-state index in [9.17, 15) is 13.6 Å². The molecule has 0 saturated heterocycles. The Morgan fingerprint density at radius 2 is 1.70 bits per heavy atom. The van der Waals surface area contributed by atoms with Crippen LogP contribution in [0.25, 0.3) is 0 Å². The normalized spacial score (nSPS) is 13.2. The van der Waals surface area contributed by atoms with Gasteiger partial charge in [0.05, 0.1) is 0 Å². The maximum absolute atomic E-state index is 12.2. The number of aryl methyl sites for hydroxylation is 1. The molecule has 0 radical (unpaired) electrons. The summed E-state index contributed by atoms with van der Waals surface area (Å²) in [5.74, 6) is 0.169. The van der Waals surface area contributed by atoms with Gasteiger partial charge in [-0.15, -0.1) is 0 Å². The summed E-state index contributed by atoms with van der Waals surface area (Å²) >= 11 is 0. The second-order valence-electron chi connectivity index (χ2n) is 6.46. The molecule has 0 bridgehead atoms. The molecule has 27 heavy (non-hydrogen) atoms. The Balaban J connectivity index is 1.80. The topological polar surface area (TPSA) is 76.4 Å². The Morgan fingerprint density at radius 1 is 1.07 bits per heavy atom. The van der Waals surface area contributed by atoms with E-state index >= 15 is 0 Å². The van der Waals surface area contributed by atoms with Crippen LogP contribution in [0, 0.1) is 0 Å². The monoisotopic (exact) mass is 377 g/mol. The Bertz CT molecular complexity index is 721. The van der Waals surface area contributed by atoms with Crippen LogP contribution in [0.4, 0.5) is 19.3 Å². The van der Waals surface area contributed by atoms with E-state index in [1.807, 2.05) is 24.3 Å². The van der Waals surface area contributed by atoms with Crippen LogP contribution in [-0.2, 0) is 6.42 Å². The summed E-state index contributed by atoms with van der Waals surface area (Å²) in [6, 6.07) is 14.1. The third-order valence-corrected chi connectivity index (χ3v) is 4.23. The summed E-state index contributed by atoms with van der Waals surface area (Å²) < 4.78 is 28.7. The lowest BCUT2D eigenvalue weighted by Crippen LogP contribution is -2.29. The molecule has 2 aromatic carbocycles. The van der Waals surface area contributed by atoms with E-state index in [-0.39, 0.29) is 17.8 Å². The number of hydrogen-bond donors (Lipinski definition) is 3. The maximum Gasteiger partial charge on any atom is 0.387 e. The number of carbonyl (C=O) groups is 1. The highest BCUT2D eigenvalue weighted by Crippen LogP contribution is 2.19. The first-order valence-electron chi connectivity index (χ1n) is 8.79. The van der Waals surface area contributed by atoms with Crippen molar-refractivity contribution >= 4 is 11.7 Å². The Hall–Kier alpha value is -2.67. The van der Waals surface area contributed by atoms with Crippen LogP contribution in [0.15, 0.2) is 48.5 Å². The number of primary amides is 1. The molecule has 0 saturated carbocycles. The van der Waals surface area contributed by atoms with Gasteiger partial charge in [0.1, 0.15) is 5.75 Å². The lowest BCUT2D eigenvalue weighted by molar-refractivity contribution is -0.0498. The number of hydrogen-bond acceptors (Lipinski definition) is 3. The van der Waals surface area contributed by atoms with Crippen LogP contribution in [0.5, 0.6) is 5.75 Å². The number of nitrogens with two attached hydrogens (primary N) is 1. The minimum atomic E-state index is -2.80. The molecule has 146 valence electrons. The first-order chi connectivity index (χ1) is 12.8. The average Bonchev–Trinajstić information content (AvgIpc) is 2.60. The van der Waals surface area contributed by atoms with E-state index in [1.165, 1.54) is 0 Å². The molecule has 0 aliphatic carbocycles. The molecule has 5 nitrogen and oxygen atoms in total. The maximum atomic E-state index is 12.2. The van der Waals surface area contributed by atoms with Gasteiger partial charge < -0.3 is 21.1 Å².